The Kier molecular flexibility index (Phi) is 4.93. The number of amides is 2. The molecule has 0 bridgehead atoms. The highest BCUT2D eigenvalue weighted by molar-refractivity contribution is 5.73. The first-order chi connectivity index (χ1) is 12.1. The van der Waals surface area contributed by atoms with Gasteiger partial charge in [-0.2, -0.15) is 4.98 Å². The number of nitrogens with one attached hydrogen (secondary N) is 2. The normalized spacial score (nSPS) is 10.5. The number of oxazole rings is 1. The van der Waals surface area contributed by atoms with E-state index in [0.717, 1.165) is 5.56 Å². The summed E-state index contributed by atoms with van der Waals surface area (Å²) in [4.78, 5) is 22.0. The van der Waals surface area contributed by atoms with E-state index in [1.807, 2.05) is 30.3 Å². The zero-order valence-electron chi connectivity index (χ0n) is 13.9. The van der Waals surface area contributed by atoms with E-state index in [1.165, 1.54) is 6.26 Å². The predicted molar refractivity (Wildman–Crippen MR) is 89.6 cm³/mol. The zero-order valence-corrected chi connectivity index (χ0v) is 13.9. The molecule has 9 heteroatoms. The van der Waals surface area contributed by atoms with E-state index >= 15 is 0 Å². The van der Waals surface area contributed by atoms with Crippen molar-refractivity contribution in [1.82, 2.24) is 25.8 Å². The quantitative estimate of drug-likeness (QED) is 0.703. The molecule has 0 atom stereocenters. The molecule has 0 spiro atoms. The van der Waals surface area contributed by atoms with Gasteiger partial charge in [-0.05, 0) is 17.3 Å². The van der Waals surface area contributed by atoms with Crippen LogP contribution in [0, 0.1) is 0 Å². The summed E-state index contributed by atoms with van der Waals surface area (Å²) < 4.78 is 10.4. The molecule has 1 aromatic carbocycles. The fourth-order valence-electron chi connectivity index (χ4n) is 1.99. The van der Waals surface area contributed by atoms with Gasteiger partial charge >= 0.3 is 6.03 Å². The van der Waals surface area contributed by atoms with E-state index in [2.05, 4.69) is 25.8 Å². The Morgan fingerprint density at radius 1 is 1.12 bits per heavy atom. The first-order valence-corrected chi connectivity index (χ1v) is 7.63. The molecular weight excluding hydrogens is 324 g/mol. The van der Waals surface area contributed by atoms with Gasteiger partial charge in [-0.25, -0.2) is 9.78 Å². The zero-order chi connectivity index (χ0) is 17.6. The van der Waals surface area contributed by atoms with E-state index in [0.29, 0.717) is 23.4 Å². The van der Waals surface area contributed by atoms with Crippen LogP contribution in [0.4, 0.5) is 10.7 Å². The lowest BCUT2D eigenvalue weighted by atomic mass is 10.2. The smallest absolute Gasteiger partial charge is 0.315 e. The third-order valence-electron chi connectivity index (χ3n) is 3.26. The molecule has 0 saturated heterocycles. The predicted octanol–water partition coefficient (Wildman–Crippen LogP) is 1.79. The van der Waals surface area contributed by atoms with Crippen LogP contribution < -0.4 is 15.5 Å². The number of carbonyl (C=O) groups is 1. The highest BCUT2D eigenvalue weighted by Crippen LogP contribution is 2.17. The van der Waals surface area contributed by atoms with E-state index in [-0.39, 0.29) is 19.1 Å². The lowest BCUT2D eigenvalue weighted by Crippen LogP contribution is -2.34. The van der Waals surface area contributed by atoms with Gasteiger partial charge < -0.3 is 24.5 Å². The van der Waals surface area contributed by atoms with Crippen LogP contribution in [0.3, 0.4) is 0 Å². The Balaban J connectivity index is 1.47. The van der Waals surface area contributed by atoms with Crippen molar-refractivity contribution < 1.29 is 13.7 Å². The third-order valence-corrected chi connectivity index (χ3v) is 3.26. The number of aromatic nitrogens is 3. The summed E-state index contributed by atoms with van der Waals surface area (Å²) in [6, 6.07) is 9.18. The first-order valence-electron chi connectivity index (χ1n) is 7.63. The monoisotopic (exact) mass is 342 g/mol. The van der Waals surface area contributed by atoms with Gasteiger partial charge in [0, 0.05) is 19.7 Å². The highest BCUT2D eigenvalue weighted by atomic mass is 16.5. The maximum Gasteiger partial charge on any atom is 0.315 e. The molecule has 3 aromatic rings. The molecule has 2 aromatic heterocycles. The van der Waals surface area contributed by atoms with Crippen LogP contribution in [0.2, 0.25) is 0 Å². The average molecular weight is 342 g/mol. The summed E-state index contributed by atoms with van der Waals surface area (Å²) in [6.07, 6.45) is 1.52. The number of anilines is 1. The lowest BCUT2D eigenvalue weighted by Gasteiger charge is -2.04. The van der Waals surface area contributed by atoms with Crippen molar-refractivity contribution in [3.63, 3.8) is 0 Å². The van der Waals surface area contributed by atoms with Gasteiger partial charge in [0.2, 0.25) is 11.8 Å². The summed E-state index contributed by atoms with van der Waals surface area (Å²) in [5.41, 5.74) is 1.51. The van der Waals surface area contributed by atoms with Crippen molar-refractivity contribution >= 4 is 12.0 Å². The van der Waals surface area contributed by atoms with Crippen LogP contribution in [0.1, 0.15) is 11.6 Å². The second kappa shape index (κ2) is 7.47. The van der Waals surface area contributed by atoms with E-state index in [4.69, 9.17) is 8.94 Å². The van der Waals surface area contributed by atoms with Crippen LogP contribution in [0.5, 0.6) is 0 Å². The summed E-state index contributed by atoms with van der Waals surface area (Å²) in [6.45, 7) is 0.385. The van der Waals surface area contributed by atoms with Crippen LogP contribution in [0.25, 0.3) is 11.5 Å². The van der Waals surface area contributed by atoms with E-state index < -0.39 is 0 Å². The molecule has 2 heterocycles. The lowest BCUT2D eigenvalue weighted by molar-refractivity contribution is 0.238. The standard InChI is InChI=1S/C16H18N6O3/c1-22(2)15-20-13(25-21-15)9-18-16(23)17-8-12-10-24-14(19-12)11-6-4-3-5-7-11/h3-7,10H,8-9H2,1-2H3,(H2,17,18,23). The topological polar surface area (TPSA) is 109 Å². The molecule has 2 N–H and O–H groups in total. The molecule has 0 unspecified atom stereocenters. The molecule has 2 amide bonds. The summed E-state index contributed by atoms with van der Waals surface area (Å²) in [5.74, 6) is 1.29. The Morgan fingerprint density at radius 3 is 2.60 bits per heavy atom. The van der Waals surface area contributed by atoms with Gasteiger partial charge in [0.25, 0.3) is 5.95 Å². The molecule has 0 aliphatic carbocycles. The van der Waals surface area contributed by atoms with Gasteiger partial charge in [-0.1, -0.05) is 18.2 Å². The molecule has 130 valence electrons. The van der Waals surface area contributed by atoms with Crippen molar-refractivity contribution in [3.8, 4) is 11.5 Å². The Labute approximate surface area is 144 Å². The van der Waals surface area contributed by atoms with Gasteiger partial charge in [-0.3, -0.25) is 0 Å². The first kappa shape index (κ1) is 16.5. The average Bonchev–Trinajstić information content (AvgIpc) is 3.28. The van der Waals surface area contributed by atoms with Gasteiger partial charge in [-0.15, -0.1) is 0 Å². The van der Waals surface area contributed by atoms with Crippen LogP contribution in [-0.4, -0.2) is 35.3 Å². The van der Waals surface area contributed by atoms with Gasteiger partial charge in [0.1, 0.15) is 6.26 Å². The fraction of sp³-hybridized carbons (Fsp3) is 0.250. The van der Waals surface area contributed by atoms with Crippen molar-refractivity contribution in [2.24, 2.45) is 0 Å². The highest BCUT2D eigenvalue weighted by Gasteiger charge is 2.10. The number of urea groups is 1. The van der Waals surface area contributed by atoms with Crippen molar-refractivity contribution in [2.45, 2.75) is 13.1 Å². The largest absolute Gasteiger partial charge is 0.444 e. The molecule has 0 fully saturated rings. The Morgan fingerprint density at radius 2 is 1.88 bits per heavy atom. The van der Waals surface area contributed by atoms with Gasteiger partial charge in [0.15, 0.2) is 0 Å². The molecule has 0 saturated carbocycles. The third kappa shape index (κ3) is 4.34. The number of hydrogen-bond acceptors (Lipinski definition) is 7. The Hall–Kier alpha value is -3.36. The maximum atomic E-state index is 11.8. The molecule has 25 heavy (non-hydrogen) atoms. The molecular formula is C16H18N6O3. The Bertz CT molecular complexity index is 827. The van der Waals surface area contributed by atoms with Crippen LogP contribution in [-0.2, 0) is 13.1 Å². The minimum Gasteiger partial charge on any atom is -0.444 e. The second-order valence-corrected chi connectivity index (χ2v) is 5.43. The van der Waals surface area contributed by atoms with E-state index in [9.17, 15) is 4.79 Å². The second-order valence-electron chi connectivity index (χ2n) is 5.43. The fourth-order valence-corrected chi connectivity index (χ4v) is 1.99. The summed E-state index contributed by atoms with van der Waals surface area (Å²) >= 11 is 0. The molecule has 0 aliphatic heterocycles. The van der Waals surface area contributed by atoms with E-state index in [1.54, 1.807) is 19.0 Å². The van der Waals surface area contributed by atoms with Crippen molar-refractivity contribution in [2.75, 3.05) is 19.0 Å². The van der Waals surface area contributed by atoms with Gasteiger partial charge in [0.05, 0.1) is 18.8 Å². The number of carbonyl (C=O) groups excluding carboxylic acids is 1. The number of rotatable bonds is 6. The number of hydrogen-bond donors (Lipinski definition) is 2. The summed E-state index contributed by atoms with van der Waals surface area (Å²) in [5, 5.41) is 9.09. The molecule has 3 rings (SSSR count). The maximum absolute atomic E-state index is 11.8. The minimum atomic E-state index is -0.367. The number of nitrogens with zero attached hydrogens (tertiary/aromatic N) is 4. The number of benzene rings is 1. The molecule has 9 nitrogen and oxygen atoms in total. The van der Waals surface area contributed by atoms with Crippen molar-refractivity contribution in [3.05, 3.63) is 48.2 Å². The SMILES string of the molecule is CN(C)c1noc(CNC(=O)NCc2coc(-c3ccccc3)n2)n1. The summed E-state index contributed by atoms with van der Waals surface area (Å²) in [7, 11) is 3.60. The molecule has 0 aliphatic rings. The van der Waals surface area contributed by atoms with Crippen molar-refractivity contribution in [1.29, 1.82) is 0 Å². The molecule has 0 radical (unpaired) electrons. The van der Waals surface area contributed by atoms with Crippen LogP contribution >= 0.6 is 0 Å². The minimum absolute atomic E-state index is 0.140. The van der Waals surface area contributed by atoms with Crippen LogP contribution in [0.15, 0.2) is 45.5 Å².